The van der Waals surface area contributed by atoms with E-state index < -0.39 is 39.8 Å². The van der Waals surface area contributed by atoms with E-state index in [-0.39, 0.29) is 37.9 Å². The van der Waals surface area contributed by atoms with Crippen molar-refractivity contribution in [3.8, 4) is 0 Å². The maximum Gasteiger partial charge on any atom is 0.323 e. The van der Waals surface area contributed by atoms with Crippen LogP contribution in [0.15, 0.2) is 36.8 Å². The molecule has 1 spiro atoms. The predicted octanol–water partition coefficient (Wildman–Crippen LogP) is 10.6. The molecule has 1 heterocycles. The third-order valence-corrected chi connectivity index (χ3v) is 23.7. The van der Waals surface area contributed by atoms with Crippen LogP contribution >= 0.6 is 0 Å². The van der Waals surface area contributed by atoms with Gasteiger partial charge in [0.05, 0.1) is 26.4 Å². The molecule has 0 N–H and O–H groups in total. The maximum absolute atomic E-state index is 14.1. The lowest BCUT2D eigenvalue weighted by Crippen LogP contribution is -2.48. The van der Waals surface area contributed by atoms with E-state index in [1.165, 1.54) is 0 Å². The quantitative estimate of drug-likeness (QED) is 0.0305. The molecule has 0 aromatic carbocycles. The molecule has 288 valence electrons. The van der Waals surface area contributed by atoms with E-state index in [1.807, 2.05) is 24.5 Å². The van der Waals surface area contributed by atoms with Crippen molar-refractivity contribution in [3.63, 3.8) is 0 Å². The Balaban J connectivity index is 2.77. The third-order valence-electron chi connectivity index (χ3n) is 11.7. The van der Waals surface area contributed by atoms with Gasteiger partial charge in [-0.1, -0.05) is 95.2 Å². The summed E-state index contributed by atoms with van der Waals surface area (Å²) >= 11 is 0. The molecule has 1 aliphatic heterocycles. The average Bonchev–Trinajstić information content (AvgIpc) is 3.64. The van der Waals surface area contributed by atoms with E-state index in [0.29, 0.717) is 58.6 Å². The first-order valence-corrected chi connectivity index (χ1v) is 23.6. The molecule has 1 saturated carbocycles. The summed E-state index contributed by atoms with van der Waals surface area (Å²) in [6, 6.07) is 0. The highest BCUT2D eigenvalue weighted by Gasteiger charge is 2.59. The second kappa shape index (κ2) is 18.7. The Hall–Kier alpha value is -1.89. The number of allylic oxidation sites excluding steroid dienone is 3. The monoisotopic (exact) mass is 736 g/mol. The highest BCUT2D eigenvalue weighted by Crippen LogP contribution is 2.52. The molecule has 2 atom stereocenters. The summed E-state index contributed by atoms with van der Waals surface area (Å²) in [7, 11) is -4.71. The maximum atomic E-state index is 14.1. The summed E-state index contributed by atoms with van der Waals surface area (Å²) in [6.07, 6.45) is 9.22. The van der Waals surface area contributed by atoms with Crippen molar-refractivity contribution in [2.24, 2.45) is 17.3 Å². The Morgan fingerprint density at radius 2 is 1.26 bits per heavy atom. The van der Waals surface area contributed by atoms with E-state index in [4.69, 9.17) is 27.8 Å². The van der Waals surface area contributed by atoms with Crippen LogP contribution < -0.4 is 0 Å². The molecule has 2 rings (SSSR count). The van der Waals surface area contributed by atoms with Gasteiger partial charge in [0.15, 0.2) is 11.2 Å². The highest BCUT2D eigenvalue weighted by molar-refractivity contribution is 6.78. The van der Waals surface area contributed by atoms with E-state index in [1.54, 1.807) is 13.8 Å². The van der Waals surface area contributed by atoms with Crippen LogP contribution in [0.4, 0.5) is 0 Å². The molecule has 2 fully saturated rings. The van der Waals surface area contributed by atoms with Gasteiger partial charge in [-0.05, 0) is 78.4 Å². The van der Waals surface area contributed by atoms with Crippen LogP contribution in [0, 0.1) is 17.3 Å². The topological polar surface area (TPSA) is 89.5 Å². The lowest BCUT2D eigenvalue weighted by molar-refractivity contribution is -0.199. The summed E-state index contributed by atoms with van der Waals surface area (Å²) in [4.78, 5) is 28.2. The van der Waals surface area contributed by atoms with Crippen LogP contribution in [-0.4, -0.2) is 60.8 Å². The first kappa shape index (κ1) is 44.3. The molecular weight excluding hydrogens is 665 g/mol. The van der Waals surface area contributed by atoms with Gasteiger partial charge in [-0.15, -0.1) is 6.58 Å². The van der Waals surface area contributed by atoms with Crippen molar-refractivity contribution in [2.75, 3.05) is 26.4 Å². The van der Waals surface area contributed by atoms with E-state index in [0.717, 1.165) is 6.42 Å². The number of carbonyl (C=O) groups excluding carboxylic acids is 2. The van der Waals surface area contributed by atoms with Crippen LogP contribution in [0.3, 0.4) is 0 Å². The smallest absolute Gasteiger partial charge is 0.323 e. The molecule has 0 amide bonds. The molecule has 1 saturated heterocycles. The number of hydrogen-bond donors (Lipinski definition) is 0. The zero-order valence-electron chi connectivity index (χ0n) is 34.1. The first-order chi connectivity index (χ1) is 23.4. The second-order valence-electron chi connectivity index (χ2n) is 16.3. The van der Waals surface area contributed by atoms with Gasteiger partial charge in [0.2, 0.25) is 0 Å². The zero-order chi connectivity index (χ0) is 38.1. The van der Waals surface area contributed by atoms with Crippen LogP contribution in [-0.2, 0) is 37.4 Å². The Bertz CT molecular complexity index is 1100. The molecule has 0 bridgehead atoms. The van der Waals surface area contributed by atoms with Crippen molar-refractivity contribution >= 4 is 28.6 Å². The van der Waals surface area contributed by atoms with Crippen LogP contribution in [0.25, 0.3) is 0 Å². The molecule has 10 heteroatoms. The number of hydrogen-bond acceptors (Lipinski definition) is 8. The van der Waals surface area contributed by atoms with Gasteiger partial charge in [0.25, 0.3) is 16.6 Å². The van der Waals surface area contributed by atoms with Crippen molar-refractivity contribution in [3.05, 3.63) is 36.8 Å². The van der Waals surface area contributed by atoms with Crippen molar-refractivity contribution < 1.29 is 37.4 Å². The Kier molecular flexibility index (Phi) is 16.6. The Morgan fingerprint density at radius 1 is 0.800 bits per heavy atom. The van der Waals surface area contributed by atoms with E-state index >= 15 is 0 Å². The van der Waals surface area contributed by atoms with Gasteiger partial charge in [-0.2, -0.15) is 0 Å². The fourth-order valence-electron chi connectivity index (χ4n) is 9.51. The van der Waals surface area contributed by atoms with E-state index in [2.05, 4.69) is 89.7 Å². The van der Waals surface area contributed by atoms with Gasteiger partial charge in [0.1, 0.15) is 12.0 Å². The van der Waals surface area contributed by atoms with Crippen LogP contribution in [0.1, 0.15) is 123 Å². The second-order valence-corrected chi connectivity index (χ2v) is 27.0. The lowest BCUT2D eigenvalue weighted by atomic mass is 9.72. The fraction of sp³-hybridized carbons (Fsp3) is 0.800. The fourth-order valence-corrected chi connectivity index (χ4v) is 19.9. The predicted molar refractivity (Wildman–Crippen MR) is 207 cm³/mol. The van der Waals surface area contributed by atoms with E-state index in [9.17, 15) is 9.59 Å². The van der Waals surface area contributed by atoms with Crippen LogP contribution in [0.2, 0.25) is 33.2 Å². The summed E-state index contributed by atoms with van der Waals surface area (Å²) in [5, 5.41) is 0. The number of rotatable bonds is 20. The van der Waals surface area contributed by atoms with Gasteiger partial charge >= 0.3 is 11.9 Å². The minimum absolute atomic E-state index is 0.00317. The van der Waals surface area contributed by atoms with Crippen molar-refractivity contribution in [1.82, 2.24) is 0 Å². The van der Waals surface area contributed by atoms with Crippen molar-refractivity contribution in [1.29, 1.82) is 0 Å². The van der Waals surface area contributed by atoms with Gasteiger partial charge in [-0.3, -0.25) is 9.59 Å². The van der Waals surface area contributed by atoms with Gasteiger partial charge in [-0.25, -0.2) is 0 Å². The molecule has 50 heavy (non-hydrogen) atoms. The summed E-state index contributed by atoms with van der Waals surface area (Å²) in [5.74, 6) is -1.72. The minimum Gasteiger partial charge on any atom is -0.545 e. The Labute approximate surface area is 307 Å². The zero-order valence-corrected chi connectivity index (χ0v) is 36.1. The standard InChI is InChI=1S/C40H72O8Si2/c1-16-34-21-23-40(45-24-25-46-40)36(34)26-39(37(41)43-17-2,38(42)44-18-3)22-19-20-35(48-50(31(10)11,32(12)13)33(14)15)27-47-49(28(4)5,29(6)7)30(8)9/h16,19-20,27-34,36H,1,17-18,21-26H2,2-15H3/b20-19+,35-27+/t34-,36+/m1/s1. The molecule has 2 aliphatic rings. The number of ether oxygens (including phenoxy) is 4. The summed E-state index contributed by atoms with van der Waals surface area (Å²) in [6.45, 7) is 36.0. The molecule has 8 nitrogen and oxygen atoms in total. The van der Waals surface area contributed by atoms with Gasteiger partial charge < -0.3 is 27.8 Å². The molecule has 0 radical (unpaired) electrons. The molecular formula is C40H72O8Si2. The Morgan fingerprint density at radius 3 is 1.66 bits per heavy atom. The number of esters is 2. The van der Waals surface area contributed by atoms with Crippen LogP contribution in [0.5, 0.6) is 0 Å². The normalized spacial score (nSPS) is 20.4. The molecule has 0 unspecified atom stereocenters. The average molecular weight is 737 g/mol. The molecule has 0 aromatic heterocycles. The third kappa shape index (κ3) is 9.00. The summed E-state index contributed by atoms with van der Waals surface area (Å²) < 4.78 is 38.1. The largest absolute Gasteiger partial charge is 0.545 e. The van der Waals surface area contributed by atoms with Gasteiger partial charge in [0, 0.05) is 12.3 Å². The number of carbonyl (C=O) groups is 2. The molecule has 0 aromatic rings. The molecule has 1 aliphatic carbocycles. The first-order valence-electron chi connectivity index (χ1n) is 19.4. The lowest BCUT2D eigenvalue weighted by Gasteiger charge is -2.44. The SMILES string of the molecule is C=C[C@@H]1CCC2(OCCO2)[C@H]1CC(C/C=C/C(=C\O[Si](C(C)C)(C(C)C)C(C)C)O[Si](C(C)C)(C(C)C)C(C)C)(C(=O)OCC)C(=O)OCC. The minimum atomic E-state index is -2.41. The summed E-state index contributed by atoms with van der Waals surface area (Å²) in [5.41, 5.74) is 0.512. The van der Waals surface area contributed by atoms with Crippen molar-refractivity contribution in [2.45, 2.75) is 162 Å². The highest BCUT2D eigenvalue weighted by atomic mass is 28.4.